The van der Waals surface area contributed by atoms with Gasteiger partial charge in [-0.25, -0.2) is 12.8 Å². The van der Waals surface area contributed by atoms with Crippen molar-refractivity contribution in [1.82, 2.24) is 15.3 Å². The van der Waals surface area contributed by atoms with E-state index in [4.69, 9.17) is 0 Å². The number of aromatic amines is 2. The normalized spacial score (nSPS) is 12.0. The Kier molecular flexibility index (Phi) is 4.89. The van der Waals surface area contributed by atoms with Gasteiger partial charge in [-0.15, -0.1) is 0 Å². The van der Waals surface area contributed by atoms with Crippen molar-refractivity contribution in [3.63, 3.8) is 0 Å². The van der Waals surface area contributed by atoms with E-state index >= 15 is 0 Å². The monoisotopic (exact) mass is 427 g/mol. The maximum Gasteiger partial charge on any atom is 0.267 e. The van der Waals surface area contributed by atoms with Crippen molar-refractivity contribution in [2.75, 3.05) is 12.8 Å². The third kappa shape index (κ3) is 3.59. The Bertz CT molecular complexity index is 1400. The fraction of sp³-hybridized carbons (Fsp3) is 0.227. The van der Waals surface area contributed by atoms with Crippen molar-refractivity contribution < 1.29 is 17.6 Å². The largest absolute Gasteiger partial charge is 0.356 e. The zero-order valence-electron chi connectivity index (χ0n) is 16.9. The van der Waals surface area contributed by atoms with Crippen LogP contribution in [0.4, 0.5) is 4.39 Å². The molecule has 0 saturated carbocycles. The van der Waals surface area contributed by atoms with Crippen LogP contribution in [0.2, 0.25) is 0 Å². The molecule has 0 spiro atoms. The lowest BCUT2D eigenvalue weighted by Crippen LogP contribution is -2.26. The predicted molar refractivity (Wildman–Crippen MR) is 115 cm³/mol. The highest BCUT2D eigenvalue weighted by molar-refractivity contribution is 7.90. The molecular formula is C22H22FN3O3S. The smallest absolute Gasteiger partial charge is 0.267 e. The number of H-pyrrole nitrogens is 2. The summed E-state index contributed by atoms with van der Waals surface area (Å²) in [5.41, 5.74) is 4.28. The van der Waals surface area contributed by atoms with E-state index < -0.39 is 9.84 Å². The zero-order chi connectivity index (χ0) is 21.6. The fourth-order valence-corrected chi connectivity index (χ4v) is 4.46. The molecule has 2 heterocycles. The Hall–Kier alpha value is -3.13. The number of benzene rings is 2. The lowest BCUT2D eigenvalue weighted by atomic mass is 10.0. The number of rotatable bonds is 5. The second kappa shape index (κ2) is 7.28. The molecule has 4 rings (SSSR count). The number of aryl methyl sites for hydroxylation is 2. The van der Waals surface area contributed by atoms with Crippen molar-refractivity contribution in [3.8, 4) is 0 Å². The van der Waals surface area contributed by atoms with Gasteiger partial charge < -0.3 is 15.3 Å². The topological polar surface area (TPSA) is 94.8 Å². The molecule has 0 fully saturated rings. The molecule has 4 aromatic rings. The third-order valence-electron chi connectivity index (χ3n) is 5.36. The van der Waals surface area contributed by atoms with Crippen LogP contribution in [0.15, 0.2) is 41.3 Å². The first kappa shape index (κ1) is 20.2. The number of nitrogens with one attached hydrogen (secondary N) is 3. The van der Waals surface area contributed by atoms with Crippen LogP contribution in [-0.2, 0) is 16.3 Å². The molecule has 2 aromatic carbocycles. The van der Waals surface area contributed by atoms with Gasteiger partial charge in [-0.3, -0.25) is 4.79 Å². The average Bonchev–Trinajstić information content (AvgIpc) is 3.25. The number of hydrogen-bond acceptors (Lipinski definition) is 3. The molecular weight excluding hydrogens is 405 g/mol. The fourth-order valence-electron chi connectivity index (χ4n) is 3.81. The molecule has 8 heteroatoms. The second-order valence-corrected chi connectivity index (χ2v) is 9.57. The van der Waals surface area contributed by atoms with Crippen molar-refractivity contribution in [2.24, 2.45) is 0 Å². The first-order valence-corrected chi connectivity index (χ1v) is 11.4. The molecule has 3 N–H and O–H groups in total. The molecule has 1 amide bonds. The van der Waals surface area contributed by atoms with Crippen molar-refractivity contribution in [2.45, 2.75) is 25.2 Å². The van der Waals surface area contributed by atoms with Crippen molar-refractivity contribution >= 4 is 37.6 Å². The van der Waals surface area contributed by atoms with Gasteiger partial charge in [0.05, 0.1) is 10.4 Å². The average molecular weight is 428 g/mol. The van der Waals surface area contributed by atoms with Gasteiger partial charge >= 0.3 is 0 Å². The van der Waals surface area contributed by atoms with Gasteiger partial charge in [-0.05, 0) is 55.7 Å². The maximum atomic E-state index is 14.1. The number of carbonyl (C=O) groups excluding carboxylic acids is 1. The number of fused-ring (bicyclic) bond motifs is 2. The van der Waals surface area contributed by atoms with Gasteiger partial charge in [0.15, 0.2) is 9.84 Å². The van der Waals surface area contributed by atoms with Crippen LogP contribution in [0.3, 0.4) is 0 Å². The summed E-state index contributed by atoms with van der Waals surface area (Å²) in [6.45, 7) is 4.21. The molecule has 0 aliphatic rings. The quantitative estimate of drug-likeness (QED) is 0.452. The minimum atomic E-state index is -3.32. The van der Waals surface area contributed by atoms with Gasteiger partial charge in [0.1, 0.15) is 11.5 Å². The lowest BCUT2D eigenvalue weighted by molar-refractivity contribution is 0.0950. The Labute approximate surface area is 173 Å². The van der Waals surface area contributed by atoms with Crippen LogP contribution in [-0.4, -0.2) is 37.1 Å². The van der Waals surface area contributed by atoms with E-state index in [1.807, 2.05) is 13.8 Å². The standard InChI is InChI=1S/C22H22FN3O3S/c1-12-4-7-17(23)21-20(12)16(13(2)25-21)8-9-24-22(27)19-10-14-5-6-15(30(3,28)29)11-18(14)26-19/h4-7,10-11,25-26H,8-9H2,1-3H3,(H,24,27). The molecule has 0 atom stereocenters. The Morgan fingerprint density at radius 2 is 1.87 bits per heavy atom. The van der Waals surface area contributed by atoms with Gasteiger partial charge in [0, 0.05) is 34.8 Å². The molecule has 0 unspecified atom stereocenters. The summed E-state index contributed by atoms with van der Waals surface area (Å²) in [6, 6.07) is 9.61. The van der Waals surface area contributed by atoms with E-state index in [0.717, 1.165) is 33.8 Å². The van der Waals surface area contributed by atoms with Gasteiger partial charge in [0.25, 0.3) is 5.91 Å². The predicted octanol–water partition coefficient (Wildman–Crippen LogP) is 3.78. The van der Waals surface area contributed by atoms with E-state index in [2.05, 4.69) is 15.3 Å². The summed E-state index contributed by atoms with van der Waals surface area (Å²) in [7, 11) is -3.32. The number of amides is 1. The molecule has 0 bridgehead atoms. The van der Waals surface area contributed by atoms with E-state index in [-0.39, 0.29) is 16.6 Å². The van der Waals surface area contributed by atoms with Crippen molar-refractivity contribution in [1.29, 1.82) is 0 Å². The molecule has 6 nitrogen and oxygen atoms in total. The molecule has 0 saturated heterocycles. The van der Waals surface area contributed by atoms with Gasteiger partial charge in [-0.1, -0.05) is 12.1 Å². The van der Waals surface area contributed by atoms with E-state index in [1.165, 1.54) is 18.2 Å². The number of halogens is 1. The molecule has 156 valence electrons. The minimum absolute atomic E-state index is 0.196. The zero-order valence-corrected chi connectivity index (χ0v) is 17.7. The van der Waals surface area contributed by atoms with Gasteiger partial charge in [0.2, 0.25) is 0 Å². The van der Waals surface area contributed by atoms with Crippen LogP contribution < -0.4 is 5.32 Å². The van der Waals surface area contributed by atoms with E-state index in [1.54, 1.807) is 18.2 Å². The van der Waals surface area contributed by atoms with Gasteiger partial charge in [-0.2, -0.15) is 0 Å². The van der Waals surface area contributed by atoms with E-state index in [0.29, 0.717) is 29.7 Å². The van der Waals surface area contributed by atoms with Crippen LogP contribution in [0, 0.1) is 19.7 Å². The summed E-state index contributed by atoms with van der Waals surface area (Å²) in [5, 5.41) is 4.49. The lowest BCUT2D eigenvalue weighted by Gasteiger charge is -2.06. The Morgan fingerprint density at radius 1 is 1.10 bits per heavy atom. The number of aromatic nitrogens is 2. The van der Waals surface area contributed by atoms with Crippen LogP contribution in [0.5, 0.6) is 0 Å². The van der Waals surface area contributed by atoms with Crippen LogP contribution >= 0.6 is 0 Å². The Morgan fingerprint density at radius 3 is 2.60 bits per heavy atom. The highest BCUT2D eigenvalue weighted by atomic mass is 32.2. The minimum Gasteiger partial charge on any atom is -0.356 e. The number of carbonyl (C=O) groups is 1. The summed E-state index contributed by atoms with van der Waals surface area (Å²) in [4.78, 5) is 18.8. The van der Waals surface area contributed by atoms with Crippen LogP contribution in [0.1, 0.15) is 27.3 Å². The summed E-state index contributed by atoms with van der Waals surface area (Å²) in [6.07, 6.45) is 1.70. The molecule has 0 radical (unpaired) electrons. The second-order valence-electron chi connectivity index (χ2n) is 7.55. The first-order valence-electron chi connectivity index (χ1n) is 9.52. The van der Waals surface area contributed by atoms with Crippen molar-refractivity contribution in [3.05, 3.63) is 64.7 Å². The van der Waals surface area contributed by atoms with Crippen LogP contribution in [0.25, 0.3) is 21.8 Å². The molecule has 30 heavy (non-hydrogen) atoms. The molecule has 0 aliphatic carbocycles. The molecule has 0 aliphatic heterocycles. The SMILES string of the molecule is Cc1[nH]c2c(F)ccc(C)c2c1CCNC(=O)c1cc2ccc(S(C)(=O)=O)cc2[nH]1. The summed E-state index contributed by atoms with van der Waals surface area (Å²) < 4.78 is 37.5. The highest BCUT2D eigenvalue weighted by Crippen LogP contribution is 2.28. The highest BCUT2D eigenvalue weighted by Gasteiger charge is 2.15. The summed E-state index contributed by atoms with van der Waals surface area (Å²) in [5.74, 6) is -0.576. The van der Waals surface area contributed by atoms with E-state index in [9.17, 15) is 17.6 Å². The number of hydrogen-bond donors (Lipinski definition) is 3. The molecule has 2 aromatic heterocycles. The maximum absolute atomic E-state index is 14.1. The number of sulfone groups is 1. The third-order valence-corrected chi connectivity index (χ3v) is 6.47. The first-order chi connectivity index (χ1) is 14.1. The Balaban J connectivity index is 1.51. The summed E-state index contributed by atoms with van der Waals surface area (Å²) >= 11 is 0.